The van der Waals surface area contributed by atoms with Gasteiger partial charge < -0.3 is 0 Å². The van der Waals surface area contributed by atoms with Gasteiger partial charge in [-0.25, -0.2) is 0 Å². The second-order valence-corrected chi connectivity index (χ2v) is 4.08. The van der Waals surface area contributed by atoms with Gasteiger partial charge in [-0.2, -0.15) is 0 Å². The summed E-state index contributed by atoms with van der Waals surface area (Å²) in [6.45, 7) is 4.34. The third-order valence-corrected chi connectivity index (χ3v) is 2.44. The molecule has 0 aliphatic heterocycles. The Morgan fingerprint density at radius 3 is 1.56 bits per heavy atom. The molecule has 0 unspecified atom stereocenters. The van der Waals surface area contributed by atoms with Gasteiger partial charge in [0, 0.05) is 25.7 Å². The summed E-state index contributed by atoms with van der Waals surface area (Å²) >= 11 is 0. The maximum atomic E-state index is 3.26. The minimum atomic E-state index is 0.984. The monoisotopic (exact) mass is 218 g/mol. The van der Waals surface area contributed by atoms with Crippen LogP contribution in [0, 0.1) is 23.7 Å². The molecule has 0 atom stereocenters. The van der Waals surface area contributed by atoms with Crippen LogP contribution >= 0.6 is 0 Å². The third kappa shape index (κ3) is 13.1. The van der Waals surface area contributed by atoms with Crippen LogP contribution in [0.15, 0.2) is 0 Å². The quantitative estimate of drug-likeness (QED) is 0.419. The van der Waals surface area contributed by atoms with E-state index in [1.165, 1.54) is 38.5 Å². The van der Waals surface area contributed by atoms with Crippen LogP contribution in [-0.2, 0) is 0 Å². The fourth-order valence-corrected chi connectivity index (χ4v) is 1.46. The zero-order valence-electron chi connectivity index (χ0n) is 11.1. The van der Waals surface area contributed by atoms with E-state index in [2.05, 4.69) is 37.5 Å². The lowest BCUT2D eigenvalue weighted by Crippen LogP contribution is -1.75. The van der Waals surface area contributed by atoms with Crippen molar-refractivity contribution < 1.29 is 0 Å². The molecule has 0 radical (unpaired) electrons. The van der Waals surface area contributed by atoms with Gasteiger partial charge >= 0.3 is 0 Å². The Balaban J connectivity index is 3.15. The first-order valence-corrected chi connectivity index (χ1v) is 6.83. The summed E-state index contributed by atoms with van der Waals surface area (Å²) in [5.74, 6) is 12.8. The molecule has 0 heterocycles. The first-order chi connectivity index (χ1) is 7.91. The number of hydrogen-bond acceptors (Lipinski definition) is 0. The molecular weight excluding hydrogens is 192 g/mol. The van der Waals surface area contributed by atoms with Crippen molar-refractivity contribution in [3.63, 3.8) is 0 Å². The Morgan fingerprint density at radius 1 is 0.562 bits per heavy atom. The van der Waals surface area contributed by atoms with Crippen LogP contribution in [0.3, 0.4) is 0 Å². The van der Waals surface area contributed by atoms with Crippen molar-refractivity contribution in [3.8, 4) is 23.7 Å². The molecule has 0 aromatic heterocycles. The maximum absolute atomic E-state index is 3.26. The van der Waals surface area contributed by atoms with E-state index in [-0.39, 0.29) is 0 Å². The Morgan fingerprint density at radius 2 is 1.06 bits per heavy atom. The van der Waals surface area contributed by atoms with E-state index in [0.717, 1.165) is 25.7 Å². The lowest BCUT2D eigenvalue weighted by atomic mass is 10.1. The van der Waals surface area contributed by atoms with E-state index >= 15 is 0 Å². The third-order valence-electron chi connectivity index (χ3n) is 2.44. The van der Waals surface area contributed by atoms with Gasteiger partial charge in [0.25, 0.3) is 0 Å². The Bertz CT molecular complexity index is 241. The molecule has 0 aliphatic rings. The topological polar surface area (TPSA) is 0 Å². The zero-order chi connectivity index (χ0) is 11.9. The molecule has 0 amide bonds. The van der Waals surface area contributed by atoms with E-state index in [4.69, 9.17) is 0 Å². The molecule has 0 aliphatic carbocycles. The Hall–Kier alpha value is -0.880. The van der Waals surface area contributed by atoms with Gasteiger partial charge in [-0.15, -0.1) is 23.7 Å². The van der Waals surface area contributed by atoms with Crippen LogP contribution in [0.4, 0.5) is 0 Å². The van der Waals surface area contributed by atoms with Crippen molar-refractivity contribution >= 4 is 0 Å². The minimum absolute atomic E-state index is 0.984. The average Bonchev–Trinajstić information content (AvgIpc) is 2.31. The largest absolute Gasteiger partial charge is 0.104 e. The standard InChI is InChI=1S/C16H26/c1-3-5-7-9-11-13-15-16-14-12-10-8-6-4-2/h3-5,7,9-12,14,16H2,1-2H3. The fourth-order valence-electron chi connectivity index (χ4n) is 1.46. The average molecular weight is 218 g/mol. The van der Waals surface area contributed by atoms with Gasteiger partial charge in [0.15, 0.2) is 0 Å². The van der Waals surface area contributed by atoms with E-state index in [9.17, 15) is 0 Å². The Labute approximate surface area is 102 Å². The molecule has 0 saturated heterocycles. The smallest absolute Gasteiger partial charge is 0.00890 e. The van der Waals surface area contributed by atoms with Gasteiger partial charge in [0.2, 0.25) is 0 Å². The lowest BCUT2D eigenvalue weighted by molar-refractivity contribution is 0.679. The van der Waals surface area contributed by atoms with Crippen molar-refractivity contribution in [2.24, 2.45) is 0 Å². The van der Waals surface area contributed by atoms with Crippen LogP contribution in [-0.4, -0.2) is 0 Å². The molecule has 0 nitrogen and oxygen atoms in total. The van der Waals surface area contributed by atoms with Gasteiger partial charge in [-0.1, -0.05) is 33.1 Å². The molecular formula is C16H26. The highest BCUT2D eigenvalue weighted by Gasteiger charge is 1.85. The predicted molar refractivity (Wildman–Crippen MR) is 73.1 cm³/mol. The maximum Gasteiger partial charge on any atom is 0.00890 e. The molecule has 0 fully saturated rings. The van der Waals surface area contributed by atoms with Crippen molar-refractivity contribution in [1.82, 2.24) is 0 Å². The predicted octanol–water partition coefficient (Wildman–Crippen LogP) is 4.93. The summed E-state index contributed by atoms with van der Waals surface area (Å²) in [7, 11) is 0. The highest BCUT2D eigenvalue weighted by atomic mass is 13.9. The van der Waals surface area contributed by atoms with Gasteiger partial charge in [0.05, 0.1) is 0 Å². The van der Waals surface area contributed by atoms with Gasteiger partial charge in [-0.3, -0.25) is 0 Å². The highest BCUT2D eigenvalue weighted by Crippen LogP contribution is 2.02. The van der Waals surface area contributed by atoms with E-state index < -0.39 is 0 Å². The van der Waals surface area contributed by atoms with Crippen LogP contribution in [0.5, 0.6) is 0 Å². The van der Waals surface area contributed by atoms with Crippen molar-refractivity contribution in [2.75, 3.05) is 0 Å². The molecule has 0 spiro atoms. The van der Waals surface area contributed by atoms with E-state index in [1.54, 1.807) is 0 Å². The molecule has 0 aromatic rings. The number of rotatable bonds is 7. The normalized spacial score (nSPS) is 8.88. The zero-order valence-corrected chi connectivity index (χ0v) is 11.1. The summed E-state index contributed by atoms with van der Waals surface area (Å²) in [5.41, 5.74) is 0. The van der Waals surface area contributed by atoms with Crippen molar-refractivity contribution in [2.45, 2.75) is 78.1 Å². The van der Waals surface area contributed by atoms with Crippen LogP contribution < -0.4 is 0 Å². The fraction of sp³-hybridized carbons (Fsp3) is 0.750. The van der Waals surface area contributed by atoms with Gasteiger partial charge in [0.1, 0.15) is 0 Å². The van der Waals surface area contributed by atoms with E-state index in [1.807, 2.05) is 0 Å². The second kappa shape index (κ2) is 14.1. The van der Waals surface area contributed by atoms with Crippen LogP contribution in [0.1, 0.15) is 78.1 Å². The summed E-state index contributed by atoms with van der Waals surface area (Å²) in [6, 6.07) is 0. The highest BCUT2D eigenvalue weighted by molar-refractivity contribution is 5.00. The van der Waals surface area contributed by atoms with Crippen molar-refractivity contribution in [3.05, 3.63) is 0 Å². The molecule has 0 aromatic carbocycles. The SMILES string of the molecule is CCC#CCCCCC#CCCCCCC. The van der Waals surface area contributed by atoms with Crippen LogP contribution in [0.2, 0.25) is 0 Å². The van der Waals surface area contributed by atoms with Crippen molar-refractivity contribution in [1.29, 1.82) is 0 Å². The van der Waals surface area contributed by atoms with E-state index in [0.29, 0.717) is 0 Å². The summed E-state index contributed by atoms with van der Waals surface area (Å²) in [5, 5.41) is 0. The summed E-state index contributed by atoms with van der Waals surface area (Å²) < 4.78 is 0. The molecule has 0 saturated carbocycles. The number of unbranched alkanes of at least 4 members (excludes halogenated alkanes) is 7. The minimum Gasteiger partial charge on any atom is -0.104 e. The summed E-state index contributed by atoms with van der Waals surface area (Å²) in [6.07, 6.45) is 11.9. The number of hydrogen-bond donors (Lipinski definition) is 0. The molecule has 0 N–H and O–H groups in total. The second-order valence-electron chi connectivity index (χ2n) is 4.08. The first kappa shape index (κ1) is 15.1. The Kier molecular flexibility index (Phi) is 13.3. The summed E-state index contributed by atoms with van der Waals surface area (Å²) in [4.78, 5) is 0. The first-order valence-electron chi connectivity index (χ1n) is 6.83. The molecule has 90 valence electrons. The molecule has 0 heteroatoms. The molecule has 16 heavy (non-hydrogen) atoms. The van der Waals surface area contributed by atoms with Crippen LogP contribution in [0.25, 0.3) is 0 Å². The van der Waals surface area contributed by atoms with Gasteiger partial charge in [-0.05, 0) is 19.3 Å². The lowest BCUT2D eigenvalue weighted by Gasteiger charge is -1.92. The molecule has 0 rings (SSSR count). The molecule has 0 bridgehead atoms.